The van der Waals surface area contributed by atoms with E-state index in [9.17, 15) is 4.79 Å². The maximum atomic E-state index is 13.0. The van der Waals surface area contributed by atoms with E-state index in [0.717, 1.165) is 31.3 Å². The second-order valence-electron chi connectivity index (χ2n) is 7.04. The topological polar surface area (TPSA) is 17.1 Å². The molecular weight excluding hydrogens is 292 g/mol. The van der Waals surface area contributed by atoms with Crippen molar-refractivity contribution in [3.05, 3.63) is 76.9 Å². The zero-order valence-corrected chi connectivity index (χ0v) is 14.3. The van der Waals surface area contributed by atoms with Crippen molar-refractivity contribution in [2.24, 2.45) is 5.92 Å². The maximum Gasteiger partial charge on any atom is 0.159 e. The highest BCUT2D eigenvalue weighted by atomic mass is 16.1. The Morgan fingerprint density at radius 1 is 1.04 bits per heavy atom. The molecule has 2 atom stereocenters. The first-order chi connectivity index (χ1) is 11.8. The molecule has 0 radical (unpaired) electrons. The second-order valence-corrected chi connectivity index (χ2v) is 7.04. The first-order valence-electron chi connectivity index (χ1n) is 9.21. The van der Waals surface area contributed by atoms with E-state index in [1.807, 2.05) is 0 Å². The Hall–Kier alpha value is -2.15. The van der Waals surface area contributed by atoms with Gasteiger partial charge in [0.15, 0.2) is 5.78 Å². The molecule has 0 saturated heterocycles. The minimum atomic E-state index is 0.328. The van der Waals surface area contributed by atoms with Crippen molar-refractivity contribution in [2.45, 2.75) is 44.9 Å². The number of allylic oxidation sites excluding steroid dienone is 2. The first-order valence-corrected chi connectivity index (χ1v) is 9.21. The number of benzene rings is 2. The minimum Gasteiger partial charge on any atom is -0.295 e. The van der Waals surface area contributed by atoms with E-state index in [4.69, 9.17) is 0 Å². The van der Waals surface area contributed by atoms with Gasteiger partial charge in [-0.05, 0) is 47.4 Å². The molecule has 0 aromatic heterocycles. The van der Waals surface area contributed by atoms with Gasteiger partial charge in [-0.1, -0.05) is 67.9 Å². The molecule has 0 aliphatic heterocycles. The van der Waals surface area contributed by atoms with Crippen LogP contribution in [0.3, 0.4) is 0 Å². The van der Waals surface area contributed by atoms with Crippen LogP contribution < -0.4 is 0 Å². The summed E-state index contributed by atoms with van der Waals surface area (Å²) < 4.78 is 0. The van der Waals surface area contributed by atoms with Gasteiger partial charge in [0.25, 0.3) is 0 Å². The zero-order valence-electron chi connectivity index (χ0n) is 14.3. The molecule has 0 amide bonds. The van der Waals surface area contributed by atoms with Crippen LogP contribution in [-0.2, 0) is 11.2 Å². The van der Waals surface area contributed by atoms with E-state index in [1.165, 1.54) is 22.3 Å². The summed E-state index contributed by atoms with van der Waals surface area (Å²) in [6, 6.07) is 19.3. The van der Waals surface area contributed by atoms with Gasteiger partial charge in [0.1, 0.15) is 0 Å². The lowest BCUT2D eigenvalue weighted by molar-refractivity contribution is -0.116. The smallest absolute Gasteiger partial charge is 0.159 e. The third-order valence-corrected chi connectivity index (χ3v) is 5.63. The van der Waals surface area contributed by atoms with Gasteiger partial charge < -0.3 is 0 Å². The molecule has 2 aromatic rings. The molecule has 0 spiro atoms. The molecular formula is C23H24O. The Kier molecular flexibility index (Phi) is 4.10. The number of ketones is 1. The molecule has 4 rings (SSSR count). The number of Topliss-reactive ketones (excluding diaryl/α,β-unsaturated/α-hetero) is 1. The van der Waals surface area contributed by atoms with Gasteiger partial charge in [0, 0.05) is 17.9 Å². The summed E-state index contributed by atoms with van der Waals surface area (Å²) >= 11 is 0. The van der Waals surface area contributed by atoms with Gasteiger partial charge in [-0.3, -0.25) is 4.79 Å². The van der Waals surface area contributed by atoms with Crippen molar-refractivity contribution in [1.82, 2.24) is 0 Å². The standard InChI is InChI=1S/C23H24O/c1-2-3-13-20(24)23-21(17-10-5-4-6-11-17)19-15-14-16-9-7-8-12-18(16)22(19)23/h4-12,19,22H,2-3,13-15H2,1H3. The lowest BCUT2D eigenvalue weighted by Crippen LogP contribution is -2.36. The van der Waals surface area contributed by atoms with Crippen LogP contribution in [0.25, 0.3) is 5.57 Å². The van der Waals surface area contributed by atoms with Crippen molar-refractivity contribution in [3.63, 3.8) is 0 Å². The van der Waals surface area contributed by atoms with Crippen molar-refractivity contribution in [1.29, 1.82) is 0 Å². The fourth-order valence-electron chi connectivity index (χ4n) is 4.48. The summed E-state index contributed by atoms with van der Waals surface area (Å²) in [5.74, 6) is 1.21. The molecule has 1 heteroatoms. The van der Waals surface area contributed by atoms with Gasteiger partial charge in [-0.15, -0.1) is 0 Å². The van der Waals surface area contributed by atoms with E-state index < -0.39 is 0 Å². The maximum absolute atomic E-state index is 13.0. The quantitative estimate of drug-likeness (QED) is 0.706. The normalized spacial score (nSPS) is 21.7. The summed E-state index contributed by atoms with van der Waals surface area (Å²) in [5, 5.41) is 0. The summed E-state index contributed by atoms with van der Waals surface area (Å²) in [7, 11) is 0. The van der Waals surface area contributed by atoms with Crippen molar-refractivity contribution >= 4 is 11.4 Å². The molecule has 0 heterocycles. The SMILES string of the molecule is CCCCC(=O)C1=C(c2ccccc2)C2CCc3ccccc3C12. The summed E-state index contributed by atoms with van der Waals surface area (Å²) in [6.07, 6.45) is 5.04. The van der Waals surface area contributed by atoms with E-state index in [0.29, 0.717) is 24.0 Å². The minimum absolute atomic E-state index is 0.328. The Morgan fingerprint density at radius 3 is 2.58 bits per heavy atom. The molecule has 0 N–H and O–H groups in total. The monoisotopic (exact) mass is 316 g/mol. The number of hydrogen-bond acceptors (Lipinski definition) is 1. The van der Waals surface area contributed by atoms with Crippen molar-refractivity contribution in [2.75, 3.05) is 0 Å². The largest absolute Gasteiger partial charge is 0.295 e. The van der Waals surface area contributed by atoms with Gasteiger partial charge in [0.05, 0.1) is 0 Å². The number of carbonyl (C=O) groups excluding carboxylic acids is 1. The summed E-state index contributed by atoms with van der Waals surface area (Å²) in [5.41, 5.74) is 6.51. The molecule has 122 valence electrons. The van der Waals surface area contributed by atoms with Crippen molar-refractivity contribution in [3.8, 4) is 0 Å². The van der Waals surface area contributed by atoms with Gasteiger partial charge in [-0.25, -0.2) is 0 Å². The van der Waals surface area contributed by atoms with Crippen LogP contribution in [0.5, 0.6) is 0 Å². The van der Waals surface area contributed by atoms with E-state index in [2.05, 4.69) is 61.5 Å². The molecule has 2 aromatic carbocycles. The molecule has 0 saturated carbocycles. The molecule has 2 aliphatic carbocycles. The highest BCUT2D eigenvalue weighted by molar-refractivity contribution is 6.08. The number of carbonyl (C=O) groups is 1. The van der Waals surface area contributed by atoms with Crippen LogP contribution in [0.15, 0.2) is 60.2 Å². The Bertz CT molecular complexity index is 785. The number of unbranched alkanes of at least 4 members (excludes halogenated alkanes) is 1. The Morgan fingerprint density at radius 2 is 1.79 bits per heavy atom. The van der Waals surface area contributed by atoms with Gasteiger partial charge >= 0.3 is 0 Å². The fraction of sp³-hybridized carbons (Fsp3) is 0.348. The van der Waals surface area contributed by atoms with Crippen LogP contribution in [0, 0.1) is 5.92 Å². The molecule has 1 nitrogen and oxygen atoms in total. The van der Waals surface area contributed by atoms with Crippen molar-refractivity contribution < 1.29 is 4.79 Å². The van der Waals surface area contributed by atoms with E-state index in [1.54, 1.807) is 0 Å². The predicted octanol–water partition coefficient (Wildman–Crippen LogP) is 5.56. The average Bonchev–Trinajstić information content (AvgIpc) is 2.61. The molecule has 0 bridgehead atoms. The number of aryl methyl sites for hydroxylation is 1. The van der Waals surface area contributed by atoms with Crippen LogP contribution in [0.4, 0.5) is 0 Å². The van der Waals surface area contributed by atoms with Crippen LogP contribution in [0.1, 0.15) is 55.2 Å². The van der Waals surface area contributed by atoms with E-state index in [-0.39, 0.29) is 0 Å². The molecule has 0 fully saturated rings. The average molecular weight is 316 g/mol. The summed E-state index contributed by atoms with van der Waals surface area (Å²) in [6.45, 7) is 2.15. The predicted molar refractivity (Wildman–Crippen MR) is 98.9 cm³/mol. The molecule has 24 heavy (non-hydrogen) atoms. The molecule has 2 aliphatic rings. The second kappa shape index (κ2) is 6.39. The highest BCUT2D eigenvalue weighted by Crippen LogP contribution is 2.57. The van der Waals surface area contributed by atoms with Gasteiger partial charge in [-0.2, -0.15) is 0 Å². The summed E-state index contributed by atoms with van der Waals surface area (Å²) in [4.78, 5) is 13.0. The number of hydrogen-bond donors (Lipinski definition) is 0. The Balaban J connectivity index is 1.80. The number of fused-ring (bicyclic) bond motifs is 3. The lowest BCUT2D eigenvalue weighted by atomic mass is 9.56. The van der Waals surface area contributed by atoms with Gasteiger partial charge in [0.2, 0.25) is 0 Å². The molecule has 2 unspecified atom stereocenters. The van der Waals surface area contributed by atoms with Crippen LogP contribution in [-0.4, -0.2) is 5.78 Å². The Labute approximate surface area is 144 Å². The highest BCUT2D eigenvalue weighted by Gasteiger charge is 2.46. The van der Waals surface area contributed by atoms with E-state index >= 15 is 0 Å². The first kappa shape index (κ1) is 15.4. The number of rotatable bonds is 5. The third-order valence-electron chi connectivity index (χ3n) is 5.63. The third kappa shape index (κ3) is 2.43. The fourth-order valence-corrected chi connectivity index (χ4v) is 4.48. The van der Waals surface area contributed by atoms with Crippen LogP contribution >= 0.6 is 0 Å². The van der Waals surface area contributed by atoms with Crippen LogP contribution in [0.2, 0.25) is 0 Å². The zero-order chi connectivity index (χ0) is 16.5. The lowest BCUT2D eigenvalue weighted by Gasteiger charge is -2.46.